The molecule has 0 saturated heterocycles. The van der Waals surface area contributed by atoms with E-state index in [9.17, 15) is 14.7 Å². The number of anilines is 1. The fourth-order valence-electron chi connectivity index (χ4n) is 2.56. The number of carbonyl (C=O) groups excluding carboxylic acids is 1. The second-order valence-electron chi connectivity index (χ2n) is 4.95. The molecule has 6 heteroatoms. The van der Waals surface area contributed by atoms with Gasteiger partial charge in [0.1, 0.15) is 0 Å². The summed E-state index contributed by atoms with van der Waals surface area (Å²) in [7, 11) is 0. The van der Waals surface area contributed by atoms with Crippen LogP contribution in [0.25, 0.3) is 0 Å². The van der Waals surface area contributed by atoms with Gasteiger partial charge in [-0.15, -0.1) is 0 Å². The molecule has 0 bridgehead atoms. The van der Waals surface area contributed by atoms with E-state index >= 15 is 0 Å². The van der Waals surface area contributed by atoms with E-state index in [1.165, 1.54) is 0 Å². The Balaban J connectivity index is 2.14. The van der Waals surface area contributed by atoms with Crippen LogP contribution in [0, 0.1) is 11.8 Å². The summed E-state index contributed by atoms with van der Waals surface area (Å²) >= 11 is 11.8. The molecule has 2 N–H and O–H groups in total. The third-order valence-electron chi connectivity index (χ3n) is 3.61. The normalized spacial score (nSPS) is 22.3. The van der Waals surface area contributed by atoms with Gasteiger partial charge in [0.15, 0.2) is 0 Å². The van der Waals surface area contributed by atoms with Gasteiger partial charge in [-0.1, -0.05) is 36.0 Å². The molecule has 1 amide bonds. The molecule has 1 aromatic rings. The van der Waals surface area contributed by atoms with Gasteiger partial charge in [-0.25, -0.2) is 0 Å². The molecule has 1 fully saturated rings. The minimum absolute atomic E-state index is 0.304. The maximum absolute atomic E-state index is 12.3. The Hall–Kier alpha value is -1.26. The quantitative estimate of drug-likeness (QED) is 0.891. The van der Waals surface area contributed by atoms with Gasteiger partial charge in [0.25, 0.3) is 0 Å². The highest BCUT2D eigenvalue weighted by Crippen LogP contribution is 2.32. The van der Waals surface area contributed by atoms with E-state index in [1.807, 2.05) is 0 Å². The molecule has 20 heavy (non-hydrogen) atoms. The largest absolute Gasteiger partial charge is 0.481 e. The van der Waals surface area contributed by atoms with E-state index < -0.39 is 17.8 Å². The Morgan fingerprint density at radius 2 is 1.80 bits per heavy atom. The number of carboxylic acid groups (broad SMARTS) is 1. The van der Waals surface area contributed by atoms with Gasteiger partial charge in [0, 0.05) is 5.02 Å². The van der Waals surface area contributed by atoms with Crippen LogP contribution >= 0.6 is 23.2 Å². The summed E-state index contributed by atoms with van der Waals surface area (Å²) in [5, 5.41) is 12.7. The number of halogens is 2. The zero-order valence-electron chi connectivity index (χ0n) is 10.7. The van der Waals surface area contributed by atoms with Gasteiger partial charge < -0.3 is 10.4 Å². The average molecular weight is 316 g/mol. The van der Waals surface area contributed by atoms with Crippen molar-refractivity contribution in [2.75, 3.05) is 5.32 Å². The van der Waals surface area contributed by atoms with Crippen molar-refractivity contribution < 1.29 is 14.7 Å². The topological polar surface area (TPSA) is 66.4 Å². The second-order valence-corrected chi connectivity index (χ2v) is 5.79. The van der Waals surface area contributed by atoms with Crippen molar-refractivity contribution in [3.63, 3.8) is 0 Å². The van der Waals surface area contributed by atoms with E-state index in [2.05, 4.69) is 5.32 Å². The summed E-state index contributed by atoms with van der Waals surface area (Å²) in [5.74, 6) is -2.36. The Morgan fingerprint density at radius 3 is 2.45 bits per heavy atom. The minimum atomic E-state index is -0.915. The molecule has 0 aliphatic heterocycles. The van der Waals surface area contributed by atoms with Crippen molar-refractivity contribution in [3.05, 3.63) is 28.2 Å². The van der Waals surface area contributed by atoms with Crippen LogP contribution < -0.4 is 5.32 Å². The molecule has 1 aromatic carbocycles. The highest BCUT2D eigenvalue weighted by molar-refractivity contribution is 6.35. The SMILES string of the molecule is O=C(O)[C@H]1CCCC[C@H]1C(=O)Nc1cc(Cl)ccc1Cl. The second kappa shape index (κ2) is 6.46. The van der Waals surface area contributed by atoms with E-state index in [1.54, 1.807) is 18.2 Å². The molecule has 1 aliphatic carbocycles. The summed E-state index contributed by atoms with van der Waals surface area (Å²) in [6.45, 7) is 0. The Kier molecular flexibility index (Phi) is 4.89. The number of hydrogen-bond donors (Lipinski definition) is 2. The van der Waals surface area contributed by atoms with Crippen LogP contribution in [-0.2, 0) is 9.59 Å². The zero-order valence-corrected chi connectivity index (χ0v) is 12.2. The molecule has 2 rings (SSSR count). The standard InChI is InChI=1S/C14H15Cl2NO3/c15-8-5-6-11(16)12(7-8)17-13(18)9-3-1-2-4-10(9)14(19)20/h5-7,9-10H,1-4H2,(H,17,18)(H,19,20)/t9-,10+/m1/s1. The Labute approximate surface area is 127 Å². The number of hydrogen-bond acceptors (Lipinski definition) is 2. The van der Waals surface area contributed by atoms with Crippen molar-refractivity contribution in [3.8, 4) is 0 Å². The van der Waals surface area contributed by atoms with E-state index in [4.69, 9.17) is 23.2 Å². The molecule has 4 nitrogen and oxygen atoms in total. The predicted molar refractivity (Wildman–Crippen MR) is 78.2 cm³/mol. The van der Waals surface area contributed by atoms with Crippen molar-refractivity contribution in [1.29, 1.82) is 0 Å². The number of amides is 1. The monoisotopic (exact) mass is 315 g/mol. The number of benzene rings is 1. The average Bonchev–Trinajstić information content (AvgIpc) is 2.42. The molecule has 0 aromatic heterocycles. The van der Waals surface area contributed by atoms with Crippen LogP contribution in [0.3, 0.4) is 0 Å². The van der Waals surface area contributed by atoms with Gasteiger partial charge in [-0.2, -0.15) is 0 Å². The van der Waals surface area contributed by atoms with Crippen molar-refractivity contribution in [2.45, 2.75) is 25.7 Å². The fraction of sp³-hybridized carbons (Fsp3) is 0.429. The Morgan fingerprint density at radius 1 is 1.15 bits per heavy atom. The van der Waals surface area contributed by atoms with Gasteiger partial charge in [-0.05, 0) is 31.0 Å². The van der Waals surface area contributed by atoms with Gasteiger partial charge >= 0.3 is 5.97 Å². The third-order valence-corrected chi connectivity index (χ3v) is 4.17. The lowest BCUT2D eigenvalue weighted by atomic mass is 9.78. The molecule has 0 heterocycles. The molecule has 108 valence electrons. The lowest BCUT2D eigenvalue weighted by Gasteiger charge is -2.27. The summed E-state index contributed by atoms with van der Waals surface area (Å²) in [4.78, 5) is 23.5. The number of nitrogens with one attached hydrogen (secondary N) is 1. The predicted octanol–water partition coefficient (Wildman–Crippen LogP) is 3.82. The van der Waals surface area contributed by atoms with E-state index in [0.29, 0.717) is 28.6 Å². The first-order chi connectivity index (χ1) is 9.49. The first kappa shape index (κ1) is 15.1. The van der Waals surface area contributed by atoms with Crippen LogP contribution in [-0.4, -0.2) is 17.0 Å². The summed E-state index contributed by atoms with van der Waals surface area (Å²) in [6, 6.07) is 4.77. The lowest BCUT2D eigenvalue weighted by molar-refractivity contribution is -0.147. The van der Waals surface area contributed by atoms with Crippen molar-refractivity contribution >= 4 is 40.8 Å². The summed E-state index contributed by atoms with van der Waals surface area (Å²) < 4.78 is 0. The van der Waals surface area contributed by atoms with Crippen LogP contribution in [0.2, 0.25) is 10.0 Å². The number of carbonyl (C=O) groups is 2. The third kappa shape index (κ3) is 3.44. The maximum atomic E-state index is 12.3. The molecule has 0 radical (unpaired) electrons. The van der Waals surface area contributed by atoms with Gasteiger partial charge in [0.2, 0.25) is 5.91 Å². The summed E-state index contributed by atoms with van der Waals surface area (Å²) in [6.07, 6.45) is 2.83. The molecule has 1 saturated carbocycles. The Bertz CT molecular complexity index is 533. The fourth-order valence-corrected chi connectivity index (χ4v) is 2.90. The van der Waals surface area contributed by atoms with Crippen LogP contribution in [0.4, 0.5) is 5.69 Å². The lowest BCUT2D eigenvalue weighted by Crippen LogP contribution is -2.36. The van der Waals surface area contributed by atoms with Gasteiger partial charge in [0.05, 0.1) is 22.5 Å². The van der Waals surface area contributed by atoms with E-state index in [0.717, 1.165) is 12.8 Å². The first-order valence-electron chi connectivity index (χ1n) is 6.48. The van der Waals surface area contributed by atoms with Crippen LogP contribution in [0.1, 0.15) is 25.7 Å². The van der Waals surface area contributed by atoms with E-state index in [-0.39, 0.29) is 5.91 Å². The van der Waals surface area contributed by atoms with Crippen LogP contribution in [0.5, 0.6) is 0 Å². The number of carboxylic acids is 1. The van der Waals surface area contributed by atoms with Crippen molar-refractivity contribution in [2.24, 2.45) is 11.8 Å². The minimum Gasteiger partial charge on any atom is -0.481 e. The molecule has 2 atom stereocenters. The number of aliphatic carboxylic acids is 1. The highest BCUT2D eigenvalue weighted by Gasteiger charge is 2.35. The molecular formula is C14H15Cl2NO3. The zero-order chi connectivity index (χ0) is 14.7. The van der Waals surface area contributed by atoms with Crippen molar-refractivity contribution in [1.82, 2.24) is 0 Å². The van der Waals surface area contributed by atoms with Gasteiger partial charge in [-0.3, -0.25) is 9.59 Å². The number of rotatable bonds is 3. The first-order valence-corrected chi connectivity index (χ1v) is 7.23. The molecular weight excluding hydrogens is 301 g/mol. The smallest absolute Gasteiger partial charge is 0.307 e. The summed E-state index contributed by atoms with van der Waals surface area (Å²) in [5.41, 5.74) is 0.416. The molecule has 0 spiro atoms. The molecule has 1 aliphatic rings. The maximum Gasteiger partial charge on any atom is 0.307 e. The van der Waals surface area contributed by atoms with Crippen LogP contribution in [0.15, 0.2) is 18.2 Å². The highest BCUT2D eigenvalue weighted by atomic mass is 35.5. The molecule has 0 unspecified atom stereocenters.